The zero-order valence-electron chi connectivity index (χ0n) is 13.2. The quantitative estimate of drug-likeness (QED) is 0.634. The Balaban J connectivity index is 2.36. The molecule has 1 aromatic carbocycles. The van der Waals surface area contributed by atoms with Gasteiger partial charge in [0.2, 0.25) is 0 Å². The maximum absolute atomic E-state index is 6.02. The minimum atomic E-state index is -0.116. The van der Waals surface area contributed by atoms with Crippen molar-refractivity contribution in [2.45, 2.75) is 25.5 Å². The first-order valence-electron chi connectivity index (χ1n) is 7.27. The minimum Gasteiger partial charge on any atom is -0.497 e. The third-order valence-electron chi connectivity index (χ3n) is 3.08. The molecule has 1 aromatic rings. The van der Waals surface area contributed by atoms with Crippen LogP contribution in [0, 0.1) is 0 Å². The van der Waals surface area contributed by atoms with Gasteiger partial charge in [-0.15, -0.1) is 0 Å². The maximum atomic E-state index is 6.02. The highest BCUT2D eigenvalue weighted by atomic mass is 16.5. The van der Waals surface area contributed by atoms with Crippen molar-refractivity contribution >= 4 is 0 Å². The Hall–Kier alpha value is -1.14. The number of hydrogen-bond acceptors (Lipinski definition) is 5. The Morgan fingerprint density at radius 2 is 1.71 bits per heavy atom. The van der Waals surface area contributed by atoms with Gasteiger partial charge in [-0.25, -0.2) is 0 Å². The van der Waals surface area contributed by atoms with Crippen molar-refractivity contribution in [1.82, 2.24) is 0 Å². The van der Waals surface area contributed by atoms with Crippen LogP contribution in [0.3, 0.4) is 0 Å². The van der Waals surface area contributed by atoms with Gasteiger partial charge in [-0.1, -0.05) is 12.1 Å². The third-order valence-corrected chi connectivity index (χ3v) is 3.08. The van der Waals surface area contributed by atoms with Crippen LogP contribution in [0.2, 0.25) is 0 Å². The molecule has 5 nitrogen and oxygen atoms in total. The first-order valence-corrected chi connectivity index (χ1v) is 7.27. The van der Waals surface area contributed by atoms with E-state index in [2.05, 4.69) is 0 Å². The molecule has 0 saturated carbocycles. The molecule has 0 heterocycles. The summed E-state index contributed by atoms with van der Waals surface area (Å²) in [4.78, 5) is 0. The van der Waals surface area contributed by atoms with Gasteiger partial charge in [-0.3, -0.25) is 0 Å². The van der Waals surface area contributed by atoms with E-state index in [9.17, 15) is 0 Å². The van der Waals surface area contributed by atoms with Crippen molar-refractivity contribution in [1.29, 1.82) is 0 Å². The van der Waals surface area contributed by atoms with Gasteiger partial charge < -0.3 is 24.7 Å². The molecule has 1 rings (SSSR count). The Morgan fingerprint density at radius 3 is 2.29 bits per heavy atom. The van der Waals surface area contributed by atoms with Crippen LogP contribution in [-0.4, -0.2) is 46.7 Å². The lowest BCUT2D eigenvalue weighted by Gasteiger charge is -2.22. The Bertz CT molecular complexity index is 367. The van der Waals surface area contributed by atoms with Gasteiger partial charge in [0.15, 0.2) is 0 Å². The van der Waals surface area contributed by atoms with Crippen LogP contribution in [0.1, 0.15) is 25.0 Å². The normalized spacial score (nSPS) is 13.9. The van der Waals surface area contributed by atoms with E-state index in [4.69, 9.17) is 24.7 Å². The summed E-state index contributed by atoms with van der Waals surface area (Å²) < 4.78 is 21.4. The smallest absolute Gasteiger partial charge is 0.118 e. The van der Waals surface area contributed by atoms with Crippen LogP contribution in [0.5, 0.6) is 5.75 Å². The topological polar surface area (TPSA) is 62.9 Å². The van der Waals surface area contributed by atoms with Crippen molar-refractivity contribution < 1.29 is 18.9 Å². The average molecular weight is 297 g/mol. The van der Waals surface area contributed by atoms with E-state index in [1.165, 1.54) is 0 Å². The predicted molar refractivity (Wildman–Crippen MR) is 82.6 cm³/mol. The molecule has 0 bridgehead atoms. The SMILES string of the molecule is COCCOCCCOC(c1ccc(OC)cc1)C(C)N. The van der Waals surface area contributed by atoms with Crippen LogP contribution in [0.4, 0.5) is 0 Å². The van der Waals surface area contributed by atoms with Crippen molar-refractivity contribution in [3.8, 4) is 5.75 Å². The van der Waals surface area contributed by atoms with Gasteiger partial charge in [-0.2, -0.15) is 0 Å². The largest absolute Gasteiger partial charge is 0.497 e. The number of nitrogens with two attached hydrogens (primary N) is 1. The van der Waals surface area contributed by atoms with E-state index in [-0.39, 0.29) is 12.1 Å². The summed E-state index contributed by atoms with van der Waals surface area (Å²) in [7, 11) is 3.31. The van der Waals surface area contributed by atoms with E-state index in [1.807, 2.05) is 31.2 Å². The molecule has 0 saturated heterocycles. The van der Waals surface area contributed by atoms with E-state index in [0.717, 1.165) is 17.7 Å². The van der Waals surface area contributed by atoms with Crippen molar-refractivity contribution in [2.24, 2.45) is 5.73 Å². The minimum absolute atomic E-state index is 0.0761. The monoisotopic (exact) mass is 297 g/mol. The molecule has 0 amide bonds. The molecule has 120 valence electrons. The lowest BCUT2D eigenvalue weighted by Crippen LogP contribution is -2.27. The fraction of sp³-hybridized carbons (Fsp3) is 0.625. The number of hydrogen-bond donors (Lipinski definition) is 1. The first-order chi connectivity index (χ1) is 10.2. The lowest BCUT2D eigenvalue weighted by atomic mass is 10.0. The van der Waals surface area contributed by atoms with E-state index >= 15 is 0 Å². The molecule has 0 radical (unpaired) electrons. The number of methoxy groups -OCH3 is 2. The van der Waals surface area contributed by atoms with E-state index in [0.29, 0.717) is 26.4 Å². The molecule has 5 heteroatoms. The highest BCUT2D eigenvalue weighted by molar-refractivity contribution is 5.29. The van der Waals surface area contributed by atoms with Gasteiger partial charge in [0, 0.05) is 26.4 Å². The van der Waals surface area contributed by atoms with Gasteiger partial charge in [-0.05, 0) is 31.0 Å². The molecular formula is C16H27NO4. The van der Waals surface area contributed by atoms with E-state index in [1.54, 1.807) is 14.2 Å². The third kappa shape index (κ3) is 6.91. The van der Waals surface area contributed by atoms with Crippen molar-refractivity contribution in [3.63, 3.8) is 0 Å². The van der Waals surface area contributed by atoms with Gasteiger partial charge in [0.1, 0.15) is 5.75 Å². The molecular weight excluding hydrogens is 270 g/mol. The van der Waals surface area contributed by atoms with Crippen LogP contribution in [-0.2, 0) is 14.2 Å². The van der Waals surface area contributed by atoms with Crippen LogP contribution in [0.25, 0.3) is 0 Å². The second kappa shape index (κ2) is 10.6. The Morgan fingerprint density at radius 1 is 1.00 bits per heavy atom. The summed E-state index contributed by atoms with van der Waals surface area (Å²) in [5, 5.41) is 0. The van der Waals surface area contributed by atoms with Crippen molar-refractivity contribution in [3.05, 3.63) is 29.8 Å². The molecule has 2 unspecified atom stereocenters. The van der Waals surface area contributed by atoms with Crippen LogP contribution >= 0.6 is 0 Å². The van der Waals surface area contributed by atoms with Crippen LogP contribution in [0.15, 0.2) is 24.3 Å². The molecule has 0 fully saturated rings. The fourth-order valence-electron chi connectivity index (χ4n) is 1.96. The molecule has 21 heavy (non-hydrogen) atoms. The number of rotatable bonds is 11. The average Bonchev–Trinajstić information content (AvgIpc) is 2.50. The van der Waals surface area contributed by atoms with E-state index < -0.39 is 0 Å². The summed E-state index contributed by atoms with van der Waals surface area (Å²) in [6.07, 6.45) is 0.721. The second-order valence-corrected chi connectivity index (χ2v) is 4.88. The second-order valence-electron chi connectivity index (χ2n) is 4.88. The number of ether oxygens (including phenoxy) is 4. The standard InChI is InChI=1S/C16H27NO4/c1-13(17)16(14-5-7-15(19-3)8-6-14)21-10-4-9-20-12-11-18-2/h5-8,13,16H,4,9-12,17H2,1-3H3. The summed E-state index contributed by atoms with van der Waals surface area (Å²) >= 11 is 0. The molecule has 0 aromatic heterocycles. The molecule has 2 atom stereocenters. The molecule has 0 aliphatic heterocycles. The highest BCUT2D eigenvalue weighted by Gasteiger charge is 2.16. The maximum Gasteiger partial charge on any atom is 0.118 e. The zero-order chi connectivity index (χ0) is 15.5. The number of benzene rings is 1. The lowest BCUT2D eigenvalue weighted by molar-refractivity contribution is 0.0143. The summed E-state index contributed by atoms with van der Waals surface area (Å²) in [6, 6.07) is 7.74. The summed E-state index contributed by atoms with van der Waals surface area (Å²) in [6.45, 7) is 4.47. The van der Waals surface area contributed by atoms with Gasteiger partial charge >= 0.3 is 0 Å². The molecule has 0 aliphatic rings. The summed E-state index contributed by atoms with van der Waals surface area (Å²) in [5.74, 6) is 0.828. The summed E-state index contributed by atoms with van der Waals surface area (Å²) in [5.41, 5.74) is 7.08. The highest BCUT2D eigenvalue weighted by Crippen LogP contribution is 2.23. The first kappa shape index (κ1) is 17.9. The predicted octanol–water partition coefficient (Wildman–Crippen LogP) is 2.15. The Labute approximate surface area is 127 Å². The van der Waals surface area contributed by atoms with Gasteiger partial charge in [0.25, 0.3) is 0 Å². The molecule has 0 spiro atoms. The zero-order valence-corrected chi connectivity index (χ0v) is 13.2. The fourth-order valence-corrected chi connectivity index (χ4v) is 1.96. The van der Waals surface area contributed by atoms with Crippen LogP contribution < -0.4 is 10.5 Å². The molecule has 2 N–H and O–H groups in total. The van der Waals surface area contributed by atoms with Crippen molar-refractivity contribution in [2.75, 3.05) is 40.6 Å². The molecule has 0 aliphatic carbocycles. The van der Waals surface area contributed by atoms with Gasteiger partial charge in [0.05, 0.1) is 26.4 Å². The Kier molecular flexibility index (Phi) is 9.01.